The Morgan fingerprint density at radius 1 is 1.41 bits per heavy atom. The first-order chi connectivity index (χ1) is 13.1. The van der Waals surface area contributed by atoms with E-state index in [1.165, 1.54) is 0 Å². The lowest BCUT2D eigenvalue weighted by molar-refractivity contribution is -0.0148. The first-order valence-electron chi connectivity index (χ1n) is 8.71. The quantitative estimate of drug-likeness (QED) is 0.823. The van der Waals surface area contributed by atoms with Crippen molar-refractivity contribution < 1.29 is 23.5 Å². The Kier molecular flexibility index (Phi) is 6.25. The Morgan fingerprint density at radius 2 is 2.26 bits per heavy atom. The molecule has 0 bridgehead atoms. The van der Waals surface area contributed by atoms with Crippen molar-refractivity contribution >= 4 is 11.7 Å². The van der Waals surface area contributed by atoms with Gasteiger partial charge in [-0.15, -0.1) is 0 Å². The molecular formula is C18H24N4O5. The average molecular weight is 376 g/mol. The van der Waals surface area contributed by atoms with Gasteiger partial charge in [0.25, 0.3) is 0 Å². The number of carbonyl (C=O) groups is 1. The van der Waals surface area contributed by atoms with Crippen molar-refractivity contribution in [3.05, 3.63) is 35.5 Å². The summed E-state index contributed by atoms with van der Waals surface area (Å²) in [7, 11) is 3.15. The number of ether oxygens (including phenoxy) is 3. The van der Waals surface area contributed by atoms with Crippen molar-refractivity contribution in [1.29, 1.82) is 0 Å². The fourth-order valence-electron chi connectivity index (χ4n) is 2.90. The number of carbonyl (C=O) groups excluding carboxylic acids is 1. The summed E-state index contributed by atoms with van der Waals surface area (Å²) in [5.41, 5.74) is 1.68. The van der Waals surface area contributed by atoms with Crippen molar-refractivity contribution in [3.63, 3.8) is 0 Å². The lowest BCUT2D eigenvalue weighted by Gasteiger charge is -2.32. The number of nitrogens with zero attached hydrogens (tertiary/aromatic N) is 3. The molecule has 1 aliphatic rings. The third-order valence-corrected chi connectivity index (χ3v) is 4.21. The molecule has 1 fully saturated rings. The zero-order chi connectivity index (χ0) is 19.2. The molecule has 1 unspecified atom stereocenters. The zero-order valence-corrected chi connectivity index (χ0v) is 15.7. The minimum Gasteiger partial charge on any atom is -0.495 e. The molecule has 9 nitrogen and oxygen atoms in total. The molecule has 2 aromatic rings. The molecule has 0 saturated carbocycles. The van der Waals surface area contributed by atoms with Crippen molar-refractivity contribution in [2.45, 2.75) is 26.1 Å². The highest BCUT2D eigenvalue weighted by molar-refractivity contribution is 5.91. The molecule has 27 heavy (non-hydrogen) atoms. The van der Waals surface area contributed by atoms with E-state index in [1.54, 1.807) is 19.1 Å². The van der Waals surface area contributed by atoms with E-state index in [1.807, 2.05) is 25.1 Å². The number of amides is 2. The number of methoxy groups -OCH3 is 2. The summed E-state index contributed by atoms with van der Waals surface area (Å²) in [5.74, 6) is 1.58. The maximum atomic E-state index is 12.7. The van der Waals surface area contributed by atoms with Crippen LogP contribution in [0.15, 0.2) is 22.7 Å². The summed E-state index contributed by atoms with van der Waals surface area (Å²) in [4.78, 5) is 18.6. The highest BCUT2D eigenvalue weighted by Crippen LogP contribution is 2.25. The predicted octanol–water partition coefficient (Wildman–Crippen LogP) is 2.01. The Morgan fingerprint density at radius 3 is 3.04 bits per heavy atom. The molecule has 9 heteroatoms. The number of hydrogen-bond donors (Lipinski definition) is 1. The first kappa shape index (κ1) is 19.1. The van der Waals surface area contributed by atoms with E-state index < -0.39 is 0 Å². The number of urea groups is 1. The van der Waals surface area contributed by atoms with Crippen LogP contribution >= 0.6 is 0 Å². The number of hydrogen-bond acceptors (Lipinski definition) is 7. The Hall–Kier alpha value is -2.65. The lowest BCUT2D eigenvalue weighted by Crippen LogP contribution is -2.48. The van der Waals surface area contributed by atoms with Gasteiger partial charge < -0.3 is 29.0 Å². The molecular weight excluding hydrogens is 352 g/mol. The van der Waals surface area contributed by atoms with Gasteiger partial charge in [-0.2, -0.15) is 4.98 Å². The molecule has 2 amide bonds. The Bertz CT molecular complexity index is 779. The van der Waals surface area contributed by atoms with E-state index in [2.05, 4.69) is 15.5 Å². The molecule has 1 N–H and O–H groups in total. The van der Waals surface area contributed by atoms with Gasteiger partial charge in [0.05, 0.1) is 31.9 Å². The van der Waals surface area contributed by atoms with Crippen LogP contribution in [0.5, 0.6) is 5.75 Å². The normalized spacial score (nSPS) is 17.0. The molecule has 0 aliphatic carbocycles. The second kappa shape index (κ2) is 8.83. The van der Waals surface area contributed by atoms with E-state index in [0.29, 0.717) is 55.9 Å². The Labute approximate surface area is 157 Å². The molecule has 0 spiro atoms. The maximum absolute atomic E-state index is 12.7. The second-order valence-corrected chi connectivity index (χ2v) is 6.31. The first-order valence-corrected chi connectivity index (χ1v) is 8.71. The molecule has 1 aliphatic heterocycles. The molecule has 146 valence electrons. The third kappa shape index (κ3) is 4.95. The van der Waals surface area contributed by atoms with Crippen LogP contribution < -0.4 is 10.1 Å². The van der Waals surface area contributed by atoms with Gasteiger partial charge in [-0.1, -0.05) is 11.2 Å². The SMILES string of the molecule is COCc1noc(CC2CN(C(=O)Nc3cc(C)ccc3OC)CCO2)n1. The third-order valence-electron chi connectivity index (χ3n) is 4.21. The van der Waals surface area contributed by atoms with Crippen LogP contribution in [-0.4, -0.2) is 61.1 Å². The molecule has 3 rings (SSSR count). The van der Waals surface area contributed by atoms with E-state index in [-0.39, 0.29) is 12.1 Å². The van der Waals surface area contributed by atoms with Gasteiger partial charge in [-0.3, -0.25) is 0 Å². The van der Waals surface area contributed by atoms with E-state index >= 15 is 0 Å². The number of anilines is 1. The zero-order valence-electron chi connectivity index (χ0n) is 15.7. The molecule has 1 aromatic carbocycles. The van der Waals surface area contributed by atoms with Gasteiger partial charge in [-0.25, -0.2) is 4.79 Å². The topological polar surface area (TPSA) is 99.0 Å². The molecule has 1 saturated heterocycles. The van der Waals surface area contributed by atoms with Gasteiger partial charge in [0.2, 0.25) is 5.89 Å². The number of rotatable bonds is 6. The number of aryl methyl sites for hydroxylation is 1. The van der Waals surface area contributed by atoms with Crippen molar-refractivity contribution in [1.82, 2.24) is 15.0 Å². The summed E-state index contributed by atoms with van der Waals surface area (Å²) >= 11 is 0. The van der Waals surface area contributed by atoms with Crippen LogP contribution in [0.1, 0.15) is 17.3 Å². The van der Waals surface area contributed by atoms with Crippen molar-refractivity contribution in [2.75, 3.05) is 39.2 Å². The van der Waals surface area contributed by atoms with Crippen LogP contribution in [0.4, 0.5) is 10.5 Å². The highest BCUT2D eigenvalue weighted by Gasteiger charge is 2.26. The minimum absolute atomic E-state index is 0.196. The van der Waals surface area contributed by atoms with Crippen LogP contribution in [0.2, 0.25) is 0 Å². The average Bonchev–Trinajstić information content (AvgIpc) is 3.09. The number of morpholine rings is 1. The lowest BCUT2D eigenvalue weighted by atomic mass is 10.2. The van der Waals surface area contributed by atoms with Gasteiger partial charge in [0.15, 0.2) is 5.82 Å². The number of aromatic nitrogens is 2. The fraction of sp³-hybridized carbons (Fsp3) is 0.500. The molecule has 1 atom stereocenters. The summed E-state index contributed by atoms with van der Waals surface area (Å²) in [6, 6.07) is 5.45. The van der Waals surface area contributed by atoms with Gasteiger partial charge in [0, 0.05) is 20.2 Å². The smallest absolute Gasteiger partial charge is 0.322 e. The maximum Gasteiger partial charge on any atom is 0.322 e. The summed E-state index contributed by atoms with van der Waals surface area (Å²) < 4.78 is 21.2. The minimum atomic E-state index is -0.209. The summed E-state index contributed by atoms with van der Waals surface area (Å²) in [5, 5.41) is 6.75. The Balaban J connectivity index is 1.60. The summed E-state index contributed by atoms with van der Waals surface area (Å²) in [6.07, 6.45) is 0.230. The number of nitrogens with one attached hydrogen (secondary N) is 1. The van der Waals surface area contributed by atoms with Crippen molar-refractivity contribution in [3.8, 4) is 5.75 Å². The van der Waals surface area contributed by atoms with E-state index in [4.69, 9.17) is 18.7 Å². The number of benzene rings is 1. The van der Waals surface area contributed by atoms with E-state index in [0.717, 1.165) is 5.56 Å². The van der Waals surface area contributed by atoms with Gasteiger partial charge >= 0.3 is 6.03 Å². The van der Waals surface area contributed by atoms with Crippen LogP contribution in [0.25, 0.3) is 0 Å². The highest BCUT2D eigenvalue weighted by atomic mass is 16.5. The largest absolute Gasteiger partial charge is 0.495 e. The monoisotopic (exact) mass is 376 g/mol. The summed E-state index contributed by atoms with van der Waals surface area (Å²) in [6.45, 7) is 3.64. The van der Waals surface area contributed by atoms with Crippen LogP contribution in [0.3, 0.4) is 0 Å². The van der Waals surface area contributed by atoms with Crippen LogP contribution in [-0.2, 0) is 22.5 Å². The predicted molar refractivity (Wildman–Crippen MR) is 96.8 cm³/mol. The van der Waals surface area contributed by atoms with Crippen LogP contribution in [0, 0.1) is 6.92 Å². The fourth-order valence-corrected chi connectivity index (χ4v) is 2.90. The molecule has 1 aromatic heterocycles. The molecule has 0 radical (unpaired) electrons. The van der Waals surface area contributed by atoms with Crippen molar-refractivity contribution in [2.24, 2.45) is 0 Å². The van der Waals surface area contributed by atoms with Gasteiger partial charge in [-0.05, 0) is 24.6 Å². The molecule has 2 heterocycles. The van der Waals surface area contributed by atoms with Gasteiger partial charge in [0.1, 0.15) is 12.4 Å². The van der Waals surface area contributed by atoms with E-state index in [9.17, 15) is 4.79 Å². The standard InChI is InChI=1S/C18H24N4O5/c1-12-4-5-15(25-3)14(8-12)19-18(23)22-6-7-26-13(10-22)9-17-20-16(11-24-2)21-27-17/h4-5,8,13H,6-7,9-11H2,1-3H3,(H,19,23). The second-order valence-electron chi connectivity index (χ2n) is 6.31.